The summed E-state index contributed by atoms with van der Waals surface area (Å²) in [5.41, 5.74) is 5.53. The molecule has 6 heteroatoms. The third kappa shape index (κ3) is 5.85. The van der Waals surface area contributed by atoms with E-state index in [9.17, 15) is 9.59 Å². The minimum atomic E-state index is -0.239. The molecule has 3 aromatic rings. The van der Waals surface area contributed by atoms with Gasteiger partial charge in [-0.1, -0.05) is 35.9 Å². The Labute approximate surface area is 176 Å². The molecule has 0 saturated carbocycles. The van der Waals surface area contributed by atoms with E-state index in [1.54, 1.807) is 12.1 Å². The molecule has 0 spiro atoms. The average molecular weight is 400 g/mol. The van der Waals surface area contributed by atoms with Crippen LogP contribution in [-0.2, 0) is 11.3 Å². The van der Waals surface area contributed by atoms with Gasteiger partial charge in [-0.2, -0.15) is 5.11 Å². The zero-order chi connectivity index (χ0) is 21.5. The second-order valence-electron chi connectivity index (χ2n) is 7.12. The van der Waals surface area contributed by atoms with Crippen molar-refractivity contribution in [2.45, 2.75) is 27.3 Å². The summed E-state index contributed by atoms with van der Waals surface area (Å²) < 4.78 is 0. The van der Waals surface area contributed by atoms with Crippen molar-refractivity contribution in [3.63, 3.8) is 0 Å². The number of hydrogen-bond acceptors (Lipinski definition) is 4. The van der Waals surface area contributed by atoms with Crippen LogP contribution in [0.25, 0.3) is 0 Å². The minimum Gasteiger partial charge on any atom is -0.352 e. The number of nitrogens with zero attached hydrogens (tertiary/aromatic N) is 2. The Balaban J connectivity index is 1.75. The third-order valence-electron chi connectivity index (χ3n) is 4.47. The van der Waals surface area contributed by atoms with E-state index in [1.807, 2.05) is 68.4 Å². The highest BCUT2D eigenvalue weighted by molar-refractivity contribution is 6.05. The molecule has 0 aromatic heterocycles. The van der Waals surface area contributed by atoms with Gasteiger partial charge in [0.25, 0.3) is 5.91 Å². The van der Waals surface area contributed by atoms with Crippen LogP contribution in [0.15, 0.2) is 77.0 Å². The van der Waals surface area contributed by atoms with Gasteiger partial charge >= 0.3 is 0 Å². The van der Waals surface area contributed by atoms with E-state index < -0.39 is 0 Å². The quantitative estimate of drug-likeness (QED) is 0.527. The predicted octanol–water partition coefficient (Wildman–Crippen LogP) is 5.61. The molecule has 0 aliphatic carbocycles. The molecular formula is C24H24N4O2. The van der Waals surface area contributed by atoms with Crippen molar-refractivity contribution in [3.8, 4) is 0 Å². The number of azo groups is 1. The van der Waals surface area contributed by atoms with Crippen LogP contribution in [0.2, 0.25) is 0 Å². The molecule has 0 unspecified atom stereocenters. The minimum absolute atomic E-state index is 0.0940. The summed E-state index contributed by atoms with van der Waals surface area (Å²) in [7, 11) is 0. The number of nitrogens with one attached hydrogen (secondary N) is 2. The number of carbonyl (C=O) groups is 2. The van der Waals surface area contributed by atoms with Gasteiger partial charge in [0.05, 0.1) is 11.4 Å². The van der Waals surface area contributed by atoms with Crippen molar-refractivity contribution in [3.05, 3.63) is 89.0 Å². The van der Waals surface area contributed by atoms with E-state index in [4.69, 9.17) is 0 Å². The first-order valence-electron chi connectivity index (χ1n) is 9.64. The van der Waals surface area contributed by atoms with Gasteiger partial charge in [-0.05, 0) is 61.4 Å². The van der Waals surface area contributed by atoms with E-state index in [0.29, 0.717) is 23.5 Å². The summed E-state index contributed by atoms with van der Waals surface area (Å²) >= 11 is 0. The van der Waals surface area contributed by atoms with Crippen LogP contribution in [0.1, 0.15) is 34.0 Å². The molecule has 0 bridgehead atoms. The zero-order valence-corrected chi connectivity index (χ0v) is 17.3. The van der Waals surface area contributed by atoms with E-state index in [2.05, 4.69) is 20.9 Å². The summed E-state index contributed by atoms with van der Waals surface area (Å²) in [6.07, 6.45) is 0. The van der Waals surface area contributed by atoms with Crippen LogP contribution >= 0.6 is 0 Å². The van der Waals surface area contributed by atoms with E-state index >= 15 is 0 Å². The molecule has 0 aliphatic heterocycles. The molecular weight excluding hydrogens is 376 g/mol. The van der Waals surface area contributed by atoms with Crippen molar-refractivity contribution >= 4 is 28.9 Å². The first-order chi connectivity index (χ1) is 14.4. The maximum atomic E-state index is 12.7. The largest absolute Gasteiger partial charge is 0.352 e. The lowest BCUT2D eigenvalue weighted by Crippen LogP contribution is -2.19. The second kappa shape index (κ2) is 9.60. The Kier molecular flexibility index (Phi) is 6.70. The van der Waals surface area contributed by atoms with Crippen molar-refractivity contribution < 1.29 is 9.59 Å². The number of amides is 2. The van der Waals surface area contributed by atoms with Gasteiger partial charge in [-0.15, -0.1) is 5.11 Å². The van der Waals surface area contributed by atoms with Crippen LogP contribution in [-0.4, -0.2) is 11.8 Å². The fourth-order valence-electron chi connectivity index (χ4n) is 2.75. The average Bonchev–Trinajstić information content (AvgIpc) is 2.73. The molecule has 0 radical (unpaired) electrons. The SMILES string of the molecule is CC(=O)NCc1ccc(C(=O)Nc2ccc(C)cc2N=Nc2ccc(C)cc2)cc1. The lowest BCUT2D eigenvalue weighted by molar-refractivity contribution is -0.119. The summed E-state index contributed by atoms with van der Waals surface area (Å²) in [5.74, 6) is -0.333. The molecule has 0 atom stereocenters. The van der Waals surface area contributed by atoms with Crippen LogP contribution in [0.4, 0.5) is 17.1 Å². The summed E-state index contributed by atoms with van der Waals surface area (Å²) in [4.78, 5) is 23.7. The molecule has 6 nitrogen and oxygen atoms in total. The maximum absolute atomic E-state index is 12.7. The Morgan fingerprint density at radius 1 is 0.833 bits per heavy atom. The van der Waals surface area contributed by atoms with Crippen molar-refractivity contribution in [1.82, 2.24) is 5.32 Å². The van der Waals surface area contributed by atoms with Crippen LogP contribution in [0, 0.1) is 13.8 Å². The van der Waals surface area contributed by atoms with Gasteiger partial charge < -0.3 is 10.6 Å². The highest BCUT2D eigenvalue weighted by Crippen LogP contribution is 2.29. The molecule has 0 fully saturated rings. The van der Waals surface area contributed by atoms with Crippen molar-refractivity contribution in [2.24, 2.45) is 10.2 Å². The predicted molar refractivity (Wildman–Crippen MR) is 118 cm³/mol. The molecule has 2 amide bonds. The molecule has 3 rings (SSSR count). The van der Waals surface area contributed by atoms with E-state index in [-0.39, 0.29) is 11.8 Å². The van der Waals surface area contributed by atoms with E-state index in [0.717, 1.165) is 22.4 Å². The van der Waals surface area contributed by atoms with E-state index in [1.165, 1.54) is 6.92 Å². The fourth-order valence-corrected chi connectivity index (χ4v) is 2.75. The lowest BCUT2D eigenvalue weighted by Gasteiger charge is -2.09. The Bertz CT molecular complexity index is 1070. The number of aryl methyl sites for hydroxylation is 2. The second-order valence-corrected chi connectivity index (χ2v) is 7.12. The highest BCUT2D eigenvalue weighted by Gasteiger charge is 2.10. The summed E-state index contributed by atoms with van der Waals surface area (Å²) in [5, 5.41) is 14.3. The van der Waals surface area contributed by atoms with Gasteiger partial charge in [-0.3, -0.25) is 9.59 Å². The molecule has 0 aliphatic rings. The Hall–Kier alpha value is -3.80. The molecule has 30 heavy (non-hydrogen) atoms. The molecule has 2 N–H and O–H groups in total. The number of benzene rings is 3. The smallest absolute Gasteiger partial charge is 0.255 e. The number of rotatable bonds is 6. The molecule has 0 heterocycles. The molecule has 152 valence electrons. The standard InChI is InChI=1S/C24H24N4O2/c1-16-4-11-21(12-5-16)27-28-23-14-17(2)6-13-22(23)26-24(30)20-9-7-19(8-10-20)15-25-18(3)29/h4-14H,15H2,1-3H3,(H,25,29)(H,26,30). The summed E-state index contributed by atoms with van der Waals surface area (Å²) in [6.45, 7) is 5.88. The van der Waals surface area contributed by atoms with Crippen LogP contribution < -0.4 is 10.6 Å². The lowest BCUT2D eigenvalue weighted by atomic mass is 10.1. The molecule has 3 aromatic carbocycles. The first kappa shape index (κ1) is 20.9. The van der Waals surface area contributed by atoms with Gasteiger partial charge in [0.15, 0.2) is 0 Å². The van der Waals surface area contributed by atoms with Gasteiger partial charge in [0.2, 0.25) is 5.91 Å². The van der Waals surface area contributed by atoms with Gasteiger partial charge in [-0.25, -0.2) is 0 Å². The van der Waals surface area contributed by atoms with Crippen LogP contribution in [0.3, 0.4) is 0 Å². The zero-order valence-electron chi connectivity index (χ0n) is 17.3. The normalized spacial score (nSPS) is 10.8. The van der Waals surface area contributed by atoms with Crippen molar-refractivity contribution in [2.75, 3.05) is 5.32 Å². The summed E-state index contributed by atoms with van der Waals surface area (Å²) in [6, 6.07) is 20.5. The number of hydrogen-bond donors (Lipinski definition) is 2. The van der Waals surface area contributed by atoms with Gasteiger partial charge in [0.1, 0.15) is 5.69 Å². The van der Waals surface area contributed by atoms with Gasteiger partial charge in [0, 0.05) is 19.0 Å². The number of carbonyl (C=O) groups excluding carboxylic acids is 2. The van der Waals surface area contributed by atoms with Crippen molar-refractivity contribution in [1.29, 1.82) is 0 Å². The monoisotopic (exact) mass is 400 g/mol. The first-order valence-corrected chi connectivity index (χ1v) is 9.64. The molecule has 0 saturated heterocycles. The topological polar surface area (TPSA) is 82.9 Å². The Morgan fingerprint density at radius 3 is 2.17 bits per heavy atom. The van der Waals surface area contributed by atoms with Crippen LogP contribution in [0.5, 0.6) is 0 Å². The highest BCUT2D eigenvalue weighted by atomic mass is 16.2. The number of anilines is 1. The third-order valence-corrected chi connectivity index (χ3v) is 4.47. The Morgan fingerprint density at radius 2 is 1.50 bits per heavy atom. The maximum Gasteiger partial charge on any atom is 0.255 e. The fraction of sp³-hybridized carbons (Fsp3) is 0.167.